The number of unbranched alkanes of at least 4 members (excludes halogenated alkanes) is 2. The average molecular weight is 457 g/mol. The molecule has 1 aromatic rings. The maximum Gasteiger partial charge on any atom is 0.246 e. The van der Waals surface area contributed by atoms with Crippen LogP contribution in [0.25, 0.3) is 0 Å². The molecule has 3 rings (SSSR count). The highest BCUT2D eigenvalue weighted by molar-refractivity contribution is 5.99. The van der Waals surface area contributed by atoms with Crippen LogP contribution in [-0.2, 0) is 25.6 Å². The Balaban J connectivity index is 1.91. The fraction of sp³-hybridized carbons (Fsp3) is 0.600. The van der Waals surface area contributed by atoms with Crippen LogP contribution in [0.3, 0.4) is 0 Å². The molecule has 0 spiro atoms. The molecule has 4 amide bonds. The van der Waals surface area contributed by atoms with Crippen LogP contribution in [0.2, 0.25) is 0 Å². The van der Waals surface area contributed by atoms with Gasteiger partial charge in [-0.3, -0.25) is 19.2 Å². The SMILES string of the molecule is CCCCC[C@@H]1NC(=O)[C@H]2CCCN2C(=O)[C@H](Cc2ccccc2)NC(=O)C(C)(C)NC1=O. The van der Waals surface area contributed by atoms with E-state index in [4.69, 9.17) is 0 Å². The molecule has 2 fully saturated rings. The second-order valence-electron chi connectivity index (χ2n) is 9.58. The number of benzene rings is 1. The smallest absolute Gasteiger partial charge is 0.246 e. The number of carbonyl (C=O) groups excluding carboxylic acids is 4. The van der Waals surface area contributed by atoms with Gasteiger partial charge in [-0.2, -0.15) is 0 Å². The normalized spacial score (nSPS) is 25.9. The second-order valence-corrected chi connectivity index (χ2v) is 9.58. The van der Waals surface area contributed by atoms with Gasteiger partial charge in [-0.1, -0.05) is 56.5 Å². The number of rotatable bonds is 6. The summed E-state index contributed by atoms with van der Waals surface area (Å²) in [4.78, 5) is 54.5. The summed E-state index contributed by atoms with van der Waals surface area (Å²) in [6, 6.07) is 7.24. The molecule has 0 bridgehead atoms. The quantitative estimate of drug-likeness (QED) is 0.566. The van der Waals surface area contributed by atoms with Crippen LogP contribution in [0.4, 0.5) is 0 Å². The summed E-state index contributed by atoms with van der Waals surface area (Å²) in [5.41, 5.74) is -0.342. The Morgan fingerprint density at radius 2 is 1.70 bits per heavy atom. The van der Waals surface area contributed by atoms with Gasteiger partial charge < -0.3 is 20.9 Å². The first-order valence-electron chi connectivity index (χ1n) is 12.0. The van der Waals surface area contributed by atoms with Crippen molar-refractivity contribution in [1.29, 1.82) is 0 Å². The predicted molar refractivity (Wildman–Crippen MR) is 125 cm³/mol. The lowest BCUT2D eigenvalue weighted by Gasteiger charge is -2.34. The van der Waals surface area contributed by atoms with E-state index < -0.39 is 29.6 Å². The van der Waals surface area contributed by atoms with Gasteiger partial charge in [0.2, 0.25) is 23.6 Å². The second kappa shape index (κ2) is 10.8. The Labute approximate surface area is 195 Å². The maximum absolute atomic E-state index is 13.6. The minimum Gasteiger partial charge on any atom is -0.343 e. The number of hydrogen-bond donors (Lipinski definition) is 3. The van der Waals surface area contributed by atoms with E-state index in [0.717, 1.165) is 24.8 Å². The van der Waals surface area contributed by atoms with Gasteiger partial charge >= 0.3 is 0 Å². The third kappa shape index (κ3) is 6.12. The van der Waals surface area contributed by atoms with Crippen molar-refractivity contribution in [3.05, 3.63) is 35.9 Å². The topological polar surface area (TPSA) is 108 Å². The molecule has 180 valence electrons. The van der Waals surface area contributed by atoms with E-state index in [1.54, 1.807) is 18.7 Å². The number of nitrogens with zero attached hydrogens (tertiary/aromatic N) is 1. The van der Waals surface area contributed by atoms with Crippen molar-refractivity contribution in [3.8, 4) is 0 Å². The summed E-state index contributed by atoms with van der Waals surface area (Å²) < 4.78 is 0. The summed E-state index contributed by atoms with van der Waals surface area (Å²) in [6.45, 7) is 5.74. The third-order valence-corrected chi connectivity index (χ3v) is 6.46. The van der Waals surface area contributed by atoms with Gasteiger partial charge in [0.15, 0.2) is 0 Å². The van der Waals surface area contributed by atoms with Crippen LogP contribution >= 0.6 is 0 Å². The number of carbonyl (C=O) groups is 4. The Bertz CT molecular complexity index is 870. The Morgan fingerprint density at radius 3 is 2.39 bits per heavy atom. The summed E-state index contributed by atoms with van der Waals surface area (Å²) in [5, 5.41) is 8.53. The van der Waals surface area contributed by atoms with Crippen LogP contribution in [0.1, 0.15) is 64.9 Å². The average Bonchev–Trinajstić information content (AvgIpc) is 3.27. The van der Waals surface area contributed by atoms with E-state index in [2.05, 4.69) is 22.9 Å². The lowest BCUT2D eigenvalue weighted by molar-refractivity contribution is -0.144. The summed E-state index contributed by atoms with van der Waals surface area (Å²) in [7, 11) is 0. The zero-order valence-corrected chi connectivity index (χ0v) is 19.9. The zero-order valence-electron chi connectivity index (χ0n) is 19.9. The summed E-state index contributed by atoms with van der Waals surface area (Å²) in [5.74, 6) is -1.38. The molecule has 0 unspecified atom stereocenters. The van der Waals surface area contributed by atoms with E-state index in [1.165, 1.54) is 0 Å². The molecule has 3 atom stereocenters. The zero-order chi connectivity index (χ0) is 24.0. The Kier molecular flexibility index (Phi) is 8.10. The van der Waals surface area contributed by atoms with Crippen LogP contribution in [0, 0.1) is 0 Å². The van der Waals surface area contributed by atoms with E-state index in [9.17, 15) is 19.2 Å². The maximum atomic E-state index is 13.6. The number of nitrogens with one attached hydrogen (secondary N) is 3. The minimum atomic E-state index is -1.25. The molecule has 0 aromatic heterocycles. The Hall–Kier alpha value is -2.90. The molecule has 0 radical (unpaired) electrons. The summed E-state index contributed by atoms with van der Waals surface area (Å²) in [6.07, 6.45) is 4.75. The molecular formula is C25H36N4O4. The molecule has 2 saturated heterocycles. The van der Waals surface area contributed by atoms with Crippen molar-refractivity contribution in [2.75, 3.05) is 6.54 Å². The summed E-state index contributed by atoms with van der Waals surface area (Å²) >= 11 is 0. The van der Waals surface area contributed by atoms with Gasteiger partial charge in [-0.15, -0.1) is 0 Å². The van der Waals surface area contributed by atoms with Gasteiger partial charge in [0, 0.05) is 13.0 Å². The number of fused-ring (bicyclic) bond motifs is 1. The highest BCUT2D eigenvalue weighted by atomic mass is 16.2. The fourth-order valence-electron chi connectivity index (χ4n) is 4.48. The predicted octanol–water partition coefficient (Wildman–Crippen LogP) is 1.68. The molecule has 8 nitrogen and oxygen atoms in total. The standard InChI is InChI=1S/C25H36N4O4/c1-4-5-7-13-18-21(30)28-25(2,3)24(33)27-19(16-17-11-8-6-9-12-17)23(32)29-15-10-14-20(29)22(31)26-18/h6,8-9,11-12,18-20H,4-5,7,10,13-16H2,1-3H3,(H,26,31)(H,27,33)(H,28,30)/t18-,19-,20+/m0/s1. The van der Waals surface area contributed by atoms with Crippen LogP contribution < -0.4 is 16.0 Å². The molecule has 2 aliphatic rings. The largest absolute Gasteiger partial charge is 0.343 e. The number of hydrogen-bond acceptors (Lipinski definition) is 4. The van der Waals surface area contributed by atoms with Crippen molar-refractivity contribution < 1.29 is 19.2 Å². The van der Waals surface area contributed by atoms with Gasteiger partial charge in [0.1, 0.15) is 23.7 Å². The highest BCUT2D eigenvalue weighted by Crippen LogP contribution is 2.21. The van der Waals surface area contributed by atoms with Gasteiger partial charge in [0.25, 0.3) is 0 Å². The van der Waals surface area contributed by atoms with Gasteiger partial charge in [0.05, 0.1) is 0 Å². The first kappa shape index (κ1) is 24.7. The van der Waals surface area contributed by atoms with E-state index in [0.29, 0.717) is 32.2 Å². The van der Waals surface area contributed by atoms with E-state index >= 15 is 0 Å². The first-order valence-corrected chi connectivity index (χ1v) is 12.0. The van der Waals surface area contributed by atoms with E-state index in [-0.39, 0.29) is 17.7 Å². The van der Waals surface area contributed by atoms with Gasteiger partial charge in [-0.25, -0.2) is 0 Å². The molecule has 1 aromatic carbocycles. The lowest BCUT2D eigenvalue weighted by atomic mass is 9.98. The molecule has 33 heavy (non-hydrogen) atoms. The van der Waals surface area contributed by atoms with Crippen molar-refractivity contribution in [3.63, 3.8) is 0 Å². The molecular weight excluding hydrogens is 420 g/mol. The van der Waals surface area contributed by atoms with Crippen molar-refractivity contribution >= 4 is 23.6 Å². The van der Waals surface area contributed by atoms with Crippen LogP contribution in [0.5, 0.6) is 0 Å². The molecule has 3 N–H and O–H groups in total. The van der Waals surface area contributed by atoms with Gasteiger partial charge in [-0.05, 0) is 38.7 Å². The van der Waals surface area contributed by atoms with Crippen molar-refractivity contribution in [2.45, 2.75) is 89.4 Å². The molecule has 0 saturated carbocycles. The monoisotopic (exact) mass is 456 g/mol. The molecule has 0 aliphatic carbocycles. The fourth-order valence-corrected chi connectivity index (χ4v) is 4.48. The lowest BCUT2D eigenvalue weighted by Crippen LogP contribution is -2.64. The third-order valence-electron chi connectivity index (χ3n) is 6.46. The van der Waals surface area contributed by atoms with Crippen LogP contribution in [0.15, 0.2) is 30.3 Å². The van der Waals surface area contributed by atoms with E-state index in [1.807, 2.05) is 30.3 Å². The highest BCUT2D eigenvalue weighted by Gasteiger charge is 2.42. The number of amides is 4. The first-order chi connectivity index (χ1) is 15.7. The molecule has 2 heterocycles. The van der Waals surface area contributed by atoms with Crippen molar-refractivity contribution in [1.82, 2.24) is 20.9 Å². The Morgan fingerprint density at radius 1 is 0.970 bits per heavy atom. The van der Waals surface area contributed by atoms with Crippen LogP contribution in [-0.4, -0.2) is 58.7 Å². The minimum absolute atomic E-state index is 0.268. The molecule has 2 aliphatic heterocycles. The van der Waals surface area contributed by atoms with Crippen molar-refractivity contribution in [2.24, 2.45) is 0 Å². The molecule has 8 heteroatoms.